The number of hydrogen-bond donors (Lipinski definition) is 1. The molecule has 0 amide bonds. The summed E-state index contributed by atoms with van der Waals surface area (Å²) in [5.74, 6) is 0. The fourth-order valence-electron chi connectivity index (χ4n) is 0.707. The monoisotopic (exact) mass is 113 g/mol. The Kier molecular flexibility index (Phi) is 2.18. The van der Waals surface area contributed by atoms with Crippen LogP contribution < -0.4 is 5.32 Å². The van der Waals surface area contributed by atoms with Crippen molar-refractivity contribution in [2.24, 2.45) is 0 Å². The van der Waals surface area contributed by atoms with Crippen LogP contribution in [0.3, 0.4) is 0 Å². The van der Waals surface area contributed by atoms with Crippen LogP contribution in [0, 0.1) is 13.0 Å². The highest BCUT2D eigenvalue weighted by Gasteiger charge is 2.22. The van der Waals surface area contributed by atoms with E-state index in [-0.39, 0.29) is 0 Å². The van der Waals surface area contributed by atoms with Crippen LogP contribution in [0.25, 0.3) is 0 Å². The molecule has 45 valence electrons. The number of morpholine rings is 1. The average Bonchev–Trinajstić information content (AvgIpc) is 1.90. The van der Waals surface area contributed by atoms with E-state index >= 15 is 0 Å². The highest BCUT2D eigenvalue weighted by molar-refractivity contribution is 4.84. The molecule has 1 fully saturated rings. The Labute approximate surface area is 50.2 Å². The maximum absolute atomic E-state index is 5.22. The summed E-state index contributed by atoms with van der Waals surface area (Å²) >= 11 is 0. The van der Waals surface area contributed by atoms with E-state index in [4.69, 9.17) is 4.74 Å². The van der Waals surface area contributed by atoms with Crippen LogP contribution in [0.4, 0.5) is 0 Å². The van der Waals surface area contributed by atoms with Gasteiger partial charge in [0, 0.05) is 6.54 Å². The Morgan fingerprint density at radius 3 is 3.00 bits per heavy atom. The van der Waals surface area contributed by atoms with E-state index in [1.165, 1.54) is 0 Å². The molecule has 0 spiro atoms. The van der Waals surface area contributed by atoms with Crippen molar-refractivity contribution in [3.05, 3.63) is 13.0 Å². The first kappa shape index (κ1) is 5.92. The molecule has 0 aromatic carbocycles. The van der Waals surface area contributed by atoms with Crippen LogP contribution in [-0.4, -0.2) is 19.7 Å². The molecule has 2 nitrogen and oxygen atoms in total. The Morgan fingerprint density at radius 2 is 2.62 bits per heavy atom. The van der Waals surface area contributed by atoms with Crippen molar-refractivity contribution in [2.45, 2.75) is 6.42 Å². The predicted molar refractivity (Wildman–Crippen MR) is 32.0 cm³/mol. The molecule has 0 atom stereocenters. The predicted octanol–water partition coefficient (Wildman–Crippen LogP) is 0.362. The standard InChI is InChI=1S/C6H11NO/c1-2-6-5-7-3-4-8-6/h7H,1-5H2/q+1. The van der Waals surface area contributed by atoms with Crippen molar-refractivity contribution in [2.75, 3.05) is 19.7 Å². The minimum absolute atomic E-state index is 0.799. The summed E-state index contributed by atoms with van der Waals surface area (Å²) in [7, 11) is 0. The molecule has 1 aliphatic rings. The Bertz CT molecular complexity index is 59.5. The van der Waals surface area contributed by atoms with Gasteiger partial charge in [0.05, 0.1) is 0 Å². The summed E-state index contributed by atoms with van der Waals surface area (Å²) in [6, 6.07) is 0. The first-order valence-corrected chi connectivity index (χ1v) is 2.91. The lowest BCUT2D eigenvalue weighted by Crippen LogP contribution is -2.33. The van der Waals surface area contributed by atoms with Crippen LogP contribution in [0.2, 0.25) is 0 Å². The second-order valence-corrected chi connectivity index (χ2v) is 1.81. The second-order valence-electron chi connectivity index (χ2n) is 1.81. The largest absolute Gasteiger partial charge is 0.274 e. The minimum atomic E-state index is 0.799. The van der Waals surface area contributed by atoms with Gasteiger partial charge in [-0.3, -0.25) is 5.32 Å². The molecule has 1 aliphatic heterocycles. The molecule has 1 N–H and O–H groups in total. The second kappa shape index (κ2) is 2.95. The smallest absolute Gasteiger partial charge is 0.256 e. The average molecular weight is 113 g/mol. The van der Waals surface area contributed by atoms with Crippen molar-refractivity contribution < 1.29 is 4.74 Å². The number of hydrogen-bond acceptors (Lipinski definition) is 2. The van der Waals surface area contributed by atoms with Crippen molar-refractivity contribution in [1.82, 2.24) is 5.32 Å². The van der Waals surface area contributed by atoms with E-state index in [2.05, 4.69) is 12.2 Å². The summed E-state index contributed by atoms with van der Waals surface area (Å²) in [6.45, 7) is 6.39. The van der Waals surface area contributed by atoms with Crippen LogP contribution in [0.5, 0.6) is 0 Å². The van der Waals surface area contributed by atoms with Crippen LogP contribution in [0.1, 0.15) is 6.42 Å². The SMILES string of the molecule is [CH2]C[C+]1CNCCO1. The van der Waals surface area contributed by atoms with Gasteiger partial charge in [-0.2, -0.15) is 4.74 Å². The van der Waals surface area contributed by atoms with Crippen molar-refractivity contribution in [3.63, 3.8) is 0 Å². The van der Waals surface area contributed by atoms with Crippen molar-refractivity contribution >= 4 is 0 Å². The molecule has 0 aromatic heterocycles. The molecular formula is C6H11NO+. The molecule has 1 saturated heterocycles. The van der Waals surface area contributed by atoms with Gasteiger partial charge in [0.1, 0.15) is 13.0 Å². The Hall–Kier alpha value is -0.210. The highest BCUT2D eigenvalue weighted by Crippen LogP contribution is 2.07. The maximum Gasteiger partial charge on any atom is 0.256 e. The summed E-state index contributed by atoms with van der Waals surface area (Å²) in [6.07, 6.45) is 1.88. The molecule has 0 saturated carbocycles. The Morgan fingerprint density at radius 1 is 1.75 bits per heavy atom. The molecule has 1 rings (SSSR count). The molecule has 0 aliphatic carbocycles. The van der Waals surface area contributed by atoms with Crippen LogP contribution >= 0.6 is 0 Å². The molecule has 8 heavy (non-hydrogen) atoms. The molecule has 2 heteroatoms. The summed E-state index contributed by atoms with van der Waals surface area (Å²) in [5, 5.41) is 3.18. The first-order valence-electron chi connectivity index (χ1n) is 2.91. The van der Waals surface area contributed by atoms with Crippen LogP contribution in [-0.2, 0) is 4.74 Å². The third kappa shape index (κ3) is 1.39. The zero-order chi connectivity index (χ0) is 5.82. The number of nitrogens with one attached hydrogen (secondary N) is 1. The van der Waals surface area contributed by atoms with Crippen LogP contribution in [0.15, 0.2) is 0 Å². The number of ether oxygens (including phenoxy) is 1. The van der Waals surface area contributed by atoms with E-state index in [1.807, 2.05) is 0 Å². The van der Waals surface area contributed by atoms with E-state index < -0.39 is 0 Å². The van der Waals surface area contributed by atoms with Gasteiger partial charge in [0.25, 0.3) is 6.10 Å². The fourth-order valence-corrected chi connectivity index (χ4v) is 0.707. The van der Waals surface area contributed by atoms with Gasteiger partial charge in [-0.05, 0) is 6.92 Å². The zero-order valence-corrected chi connectivity index (χ0v) is 4.94. The maximum atomic E-state index is 5.22. The van der Waals surface area contributed by atoms with E-state index in [0.29, 0.717) is 0 Å². The summed E-state index contributed by atoms with van der Waals surface area (Å²) < 4.78 is 5.22. The topological polar surface area (TPSA) is 21.3 Å². The Balaban J connectivity index is 2.13. The van der Waals surface area contributed by atoms with E-state index in [1.54, 1.807) is 0 Å². The van der Waals surface area contributed by atoms with Gasteiger partial charge in [-0.1, -0.05) is 0 Å². The molecule has 1 radical (unpaired) electrons. The third-order valence-electron chi connectivity index (χ3n) is 1.19. The fraction of sp³-hybridized carbons (Fsp3) is 0.667. The number of rotatable bonds is 1. The van der Waals surface area contributed by atoms with Gasteiger partial charge >= 0.3 is 0 Å². The molecule has 0 aromatic rings. The molecule has 1 heterocycles. The summed E-state index contributed by atoms with van der Waals surface area (Å²) in [4.78, 5) is 0. The van der Waals surface area contributed by atoms with Gasteiger partial charge in [-0.15, -0.1) is 0 Å². The normalized spacial score (nSPS) is 21.4. The summed E-state index contributed by atoms with van der Waals surface area (Å²) in [5.41, 5.74) is 0. The first-order chi connectivity index (χ1) is 3.93. The molecule has 0 unspecified atom stereocenters. The molecular weight excluding hydrogens is 102 g/mol. The van der Waals surface area contributed by atoms with Gasteiger partial charge < -0.3 is 0 Å². The van der Waals surface area contributed by atoms with Gasteiger partial charge in [0.15, 0.2) is 6.54 Å². The minimum Gasteiger partial charge on any atom is -0.274 e. The van der Waals surface area contributed by atoms with Gasteiger partial charge in [0.2, 0.25) is 0 Å². The lowest BCUT2D eigenvalue weighted by atomic mass is 10.2. The van der Waals surface area contributed by atoms with E-state index in [9.17, 15) is 0 Å². The lowest BCUT2D eigenvalue weighted by Gasteiger charge is -2.09. The lowest BCUT2D eigenvalue weighted by molar-refractivity contribution is 0.110. The van der Waals surface area contributed by atoms with E-state index in [0.717, 1.165) is 32.2 Å². The quantitative estimate of drug-likeness (QED) is 0.496. The van der Waals surface area contributed by atoms with Crippen molar-refractivity contribution in [3.8, 4) is 0 Å². The zero-order valence-electron chi connectivity index (χ0n) is 4.94. The van der Waals surface area contributed by atoms with Gasteiger partial charge in [-0.25, -0.2) is 0 Å². The molecule has 0 bridgehead atoms. The van der Waals surface area contributed by atoms with Crippen molar-refractivity contribution in [1.29, 1.82) is 0 Å². The highest BCUT2D eigenvalue weighted by atomic mass is 16.5. The third-order valence-corrected chi connectivity index (χ3v) is 1.19.